The van der Waals surface area contributed by atoms with Crippen LogP contribution in [0.1, 0.15) is 36.9 Å². The van der Waals surface area contributed by atoms with Crippen LogP contribution in [0, 0.1) is 11.6 Å². The molecule has 0 atom stereocenters. The third-order valence-corrected chi connectivity index (χ3v) is 3.91. The molecule has 152 valence electrons. The largest absolute Gasteiger partial charge is 0.491 e. The minimum absolute atomic E-state index is 0.0184. The third kappa shape index (κ3) is 4.45. The summed E-state index contributed by atoms with van der Waals surface area (Å²) in [6.45, 7) is 4.10. The van der Waals surface area contributed by atoms with Gasteiger partial charge in [0, 0.05) is 24.4 Å². The predicted molar refractivity (Wildman–Crippen MR) is 99.3 cm³/mol. The number of carbonyl (C=O) groups excluding carboxylic acids is 2. The first-order valence-corrected chi connectivity index (χ1v) is 8.68. The van der Waals surface area contributed by atoms with Crippen LogP contribution in [-0.4, -0.2) is 38.2 Å². The van der Waals surface area contributed by atoms with Crippen LogP contribution < -0.4 is 15.8 Å². The summed E-state index contributed by atoms with van der Waals surface area (Å²) in [6.07, 6.45) is 3.35. The Morgan fingerprint density at radius 2 is 2.07 bits per heavy atom. The Morgan fingerprint density at radius 3 is 2.76 bits per heavy atom. The molecular weight excluding hydrogens is 386 g/mol. The Morgan fingerprint density at radius 1 is 1.31 bits per heavy atom. The molecule has 0 spiro atoms. The van der Waals surface area contributed by atoms with E-state index >= 15 is 0 Å². The Bertz CT molecular complexity index is 1080. The fourth-order valence-corrected chi connectivity index (χ4v) is 2.57. The van der Waals surface area contributed by atoms with E-state index in [9.17, 15) is 18.4 Å². The van der Waals surface area contributed by atoms with Crippen molar-refractivity contribution in [1.29, 1.82) is 0 Å². The molecule has 1 aliphatic rings. The maximum atomic E-state index is 13.2. The fourth-order valence-electron chi connectivity index (χ4n) is 2.57. The van der Waals surface area contributed by atoms with Crippen LogP contribution >= 0.6 is 0 Å². The van der Waals surface area contributed by atoms with Gasteiger partial charge in [0.25, 0.3) is 5.91 Å². The first-order chi connectivity index (χ1) is 13.8. The number of rotatable bonds is 2. The van der Waals surface area contributed by atoms with E-state index < -0.39 is 17.5 Å². The molecule has 1 aliphatic heterocycles. The Kier molecular flexibility index (Phi) is 5.66. The molecule has 29 heavy (non-hydrogen) atoms. The van der Waals surface area contributed by atoms with Crippen molar-refractivity contribution in [3.8, 4) is 5.75 Å². The van der Waals surface area contributed by atoms with Crippen molar-refractivity contribution in [3.63, 3.8) is 0 Å². The standard InChI is InChI=1S/C9H7F2NO2.C9H11N5O/c10-5-3-6(11)9-7(4-5)14-2-1-8(13)12-9;1-5(2)14-9-6(4-12-14)3-11-8(13-9)7(10)15/h3-4H,1-2H2,(H,12,13);3-5H,1-2H3,(H2,10,15). The van der Waals surface area contributed by atoms with Crippen LogP contribution in [0.2, 0.25) is 0 Å². The molecular formula is C18H18F2N6O3. The zero-order valence-electron chi connectivity index (χ0n) is 15.6. The minimum Gasteiger partial charge on any atom is -0.491 e. The number of aromatic nitrogens is 4. The Hall–Kier alpha value is -3.63. The van der Waals surface area contributed by atoms with Gasteiger partial charge in [-0.3, -0.25) is 9.59 Å². The lowest BCUT2D eigenvalue weighted by Gasteiger charge is -2.07. The van der Waals surface area contributed by atoms with E-state index in [4.69, 9.17) is 10.5 Å². The number of benzene rings is 1. The van der Waals surface area contributed by atoms with Gasteiger partial charge in [0.05, 0.1) is 24.6 Å². The highest BCUT2D eigenvalue weighted by Gasteiger charge is 2.18. The number of amides is 2. The first-order valence-electron chi connectivity index (χ1n) is 8.68. The van der Waals surface area contributed by atoms with Gasteiger partial charge in [0.1, 0.15) is 17.3 Å². The number of nitrogens with one attached hydrogen (secondary N) is 1. The van der Waals surface area contributed by atoms with Crippen molar-refractivity contribution in [2.45, 2.75) is 26.3 Å². The number of fused-ring (bicyclic) bond motifs is 2. The maximum absolute atomic E-state index is 13.2. The molecule has 0 bridgehead atoms. The van der Waals surface area contributed by atoms with Gasteiger partial charge in [0.15, 0.2) is 11.5 Å². The number of hydrogen-bond donors (Lipinski definition) is 2. The second kappa shape index (κ2) is 8.17. The van der Waals surface area contributed by atoms with Crippen molar-refractivity contribution >= 4 is 28.5 Å². The van der Waals surface area contributed by atoms with Gasteiger partial charge in [-0.2, -0.15) is 5.10 Å². The van der Waals surface area contributed by atoms with E-state index in [0.717, 1.165) is 11.5 Å². The van der Waals surface area contributed by atoms with Gasteiger partial charge in [0.2, 0.25) is 11.7 Å². The average molecular weight is 404 g/mol. The van der Waals surface area contributed by atoms with Crippen molar-refractivity contribution in [1.82, 2.24) is 19.7 Å². The smallest absolute Gasteiger partial charge is 0.286 e. The van der Waals surface area contributed by atoms with E-state index in [2.05, 4.69) is 20.4 Å². The Balaban J connectivity index is 0.000000166. The molecule has 0 unspecified atom stereocenters. The summed E-state index contributed by atoms with van der Waals surface area (Å²) in [5, 5.41) is 7.27. The molecule has 0 radical (unpaired) electrons. The number of ether oxygens (including phenoxy) is 1. The normalized spacial score (nSPS) is 13.1. The molecule has 3 heterocycles. The monoisotopic (exact) mass is 404 g/mol. The highest BCUT2D eigenvalue weighted by atomic mass is 19.1. The summed E-state index contributed by atoms with van der Waals surface area (Å²) < 4.78 is 32.6. The molecule has 11 heteroatoms. The summed E-state index contributed by atoms with van der Waals surface area (Å²) in [5.41, 5.74) is 5.65. The number of hydrogen-bond acceptors (Lipinski definition) is 6. The van der Waals surface area contributed by atoms with E-state index in [-0.39, 0.29) is 42.2 Å². The molecule has 0 fully saturated rings. The van der Waals surface area contributed by atoms with E-state index in [1.807, 2.05) is 13.8 Å². The van der Waals surface area contributed by atoms with E-state index in [1.165, 1.54) is 0 Å². The van der Waals surface area contributed by atoms with E-state index in [0.29, 0.717) is 11.7 Å². The van der Waals surface area contributed by atoms with Gasteiger partial charge in [-0.15, -0.1) is 0 Å². The highest BCUT2D eigenvalue weighted by molar-refractivity contribution is 5.93. The Labute approximate surface area is 163 Å². The summed E-state index contributed by atoms with van der Waals surface area (Å²) in [5.74, 6) is -2.46. The SMILES string of the molecule is CC(C)n1ncc2cnc(C(N)=O)nc21.O=C1CCOc2cc(F)cc(F)c2N1. The molecule has 0 saturated heterocycles. The minimum atomic E-state index is -0.824. The van der Waals surface area contributed by atoms with Crippen LogP contribution in [0.15, 0.2) is 24.5 Å². The lowest BCUT2D eigenvalue weighted by Crippen LogP contribution is -2.16. The van der Waals surface area contributed by atoms with Crippen LogP contribution in [0.25, 0.3) is 11.0 Å². The van der Waals surface area contributed by atoms with Gasteiger partial charge >= 0.3 is 0 Å². The lowest BCUT2D eigenvalue weighted by molar-refractivity contribution is -0.116. The predicted octanol–water partition coefficient (Wildman–Crippen LogP) is 2.19. The van der Waals surface area contributed by atoms with Gasteiger partial charge in [-0.1, -0.05) is 0 Å². The number of halogens is 2. The summed E-state index contributed by atoms with van der Waals surface area (Å²) in [6, 6.07) is 1.93. The van der Waals surface area contributed by atoms with Crippen LogP contribution in [0.4, 0.5) is 14.5 Å². The van der Waals surface area contributed by atoms with Crippen molar-refractivity contribution in [2.75, 3.05) is 11.9 Å². The van der Waals surface area contributed by atoms with Crippen LogP contribution in [-0.2, 0) is 4.79 Å². The molecule has 3 N–H and O–H groups in total. The lowest BCUT2D eigenvalue weighted by atomic mass is 10.2. The maximum Gasteiger partial charge on any atom is 0.286 e. The fraction of sp³-hybridized carbons (Fsp3) is 0.278. The van der Waals surface area contributed by atoms with Crippen molar-refractivity contribution in [2.24, 2.45) is 5.73 Å². The molecule has 9 nitrogen and oxygen atoms in total. The van der Waals surface area contributed by atoms with Crippen LogP contribution in [0.3, 0.4) is 0 Å². The topological polar surface area (TPSA) is 125 Å². The number of anilines is 1. The molecule has 2 aromatic heterocycles. The molecule has 2 amide bonds. The molecule has 3 aromatic rings. The zero-order chi connectivity index (χ0) is 21.1. The second-order valence-electron chi connectivity index (χ2n) is 6.43. The quantitative estimate of drug-likeness (QED) is 0.675. The molecule has 0 aliphatic carbocycles. The zero-order valence-corrected chi connectivity index (χ0v) is 15.6. The number of carbonyl (C=O) groups is 2. The number of nitrogens with two attached hydrogens (primary N) is 1. The molecule has 0 saturated carbocycles. The first kappa shape index (κ1) is 20.1. The summed E-state index contributed by atoms with van der Waals surface area (Å²) in [7, 11) is 0. The molecule has 4 rings (SSSR count). The van der Waals surface area contributed by atoms with E-state index in [1.54, 1.807) is 17.1 Å². The molecule has 1 aromatic carbocycles. The number of nitrogens with zero attached hydrogens (tertiary/aromatic N) is 4. The summed E-state index contributed by atoms with van der Waals surface area (Å²) >= 11 is 0. The summed E-state index contributed by atoms with van der Waals surface area (Å²) in [4.78, 5) is 29.9. The van der Waals surface area contributed by atoms with Gasteiger partial charge in [-0.25, -0.2) is 23.4 Å². The van der Waals surface area contributed by atoms with Crippen molar-refractivity contribution in [3.05, 3.63) is 42.0 Å². The second-order valence-corrected chi connectivity index (χ2v) is 6.43. The average Bonchev–Trinajstić information content (AvgIpc) is 2.99. The third-order valence-electron chi connectivity index (χ3n) is 3.91. The van der Waals surface area contributed by atoms with Crippen LogP contribution in [0.5, 0.6) is 5.75 Å². The van der Waals surface area contributed by atoms with Crippen molar-refractivity contribution < 1.29 is 23.1 Å². The van der Waals surface area contributed by atoms with Gasteiger partial charge in [-0.05, 0) is 13.8 Å². The number of primary amides is 1. The highest BCUT2D eigenvalue weighted by Crippen LogP contribution is 2.30. The van der Waals surface area contributed by atoms with Gasteiger partial charge < -0.3 is 15.8 Å².